The largest absolute Gasteiger partial charge is 0.443 e. The maximum absolute atomic E-state index is 5.28. The Labute approximate surface area is 111 Å². The molecule has 0 saturated carbocycles. The van der Waals surface area contributed by atoms with Crippen LogP contribution in [0.2, 0.25) is 0 Å². The summed E-state index contributed by atoms with van der Waals surface area (Å²) < 4.78 is 5.28. The molecule has 0 aliphatic carbocycles. The summed E-state index contributed by atoms with van der Waals surface area (Å²) in [4.78, 5) is 4.10. The fourth-order valence-corrected chi connectivity index (χ4v) is 1.96. The molecule has 1 heterocycles. The highest BCUT2D eigenvalue weighted by Crippen LogP contribution is 2.18. The molecule has 0 spiro atoms. The van der Waals surface area contributed by atoms with E-state index in [9.17, 15) is 0 Å². The van der Waals surface area contributed by atoms with E-state index >= 15 is 0 Å². The van der Waals surface area contributed by atoms with E-state index in [1.165, 1.54) is 12.0 Å². The normalized spacial score (nSPS) is 10.6. The highest BCUT2D eigenvalue weighted by Gasteiger charge is 2.00. The standard InChI is InChI=1S/C15H15N3O/c1-16-12-4-2-11(3-5-12)9-17-13-6-7-14-15(8-13)19-10-18-14/h2-8,10,16-17H,9H2,1H3. The SMILES string of the molecule is CNc1ccc(CNc2ccc3ncoc3c2)cc1. The lowest BCUT2D eigenvalue weighted by atomic mass is 10.2. The Hall–Kier alpha value is -2.49. The van der Waals surface area contributed by atoms with Crippen molar-refractivity contribution in [1.82, 2.24) is 4.98 Å². The van der Waals surface area contributed by atoms with Crippen molar-refractivity contribution in [2.24, 2.45) is 0 Å². The van der Waals surface area contributed by atoms with E-state index in [4.69, 9.17) is 4.42 Å². The molecule has 2 N–H and O–H groups in total. The van der Waals surface area contributed by atoms with Crippen LogP contribution in [0.25, 0.3) is 11.1 Å². The number of benzene rings is 2. The van der Waals surface area contributed by atoms with E-state index in [1.54, 1.807) is 0 Å². The average Bonchev–Trinajstić information content (AvgIpc) is 2.93. The molecule has 2 aromatic carbocycles. The lowest BCUT2D eigenvalue weighted by molar-refractivity contribution is 0.602. The third kappa shape index (κ3) is 2.52. The molecular formula is C15H15N3O. The third-order valence-corrected chi connectivity index (χ3v) is 3.07. The van der Waals surface area contributed by atoms with Crippen molar-refractivity contribution in [2.75, 3.05) is 17.7 Å². The minimum Gasteiger partial charge on any atom is -0.443 e. The number of aromatic nitrogens is 1. The topological polar surface area (TPSA) is 50.1 Å². The van der Waals surface area contributed by atoms with Gasteiger partial charge in [0.1, 0.15) is 5.52 Å². The first-order chi connectivity index (χ1) is 9.35. The Morgan fingerprint density at radius 3 is 2.63 bits per heavy atom. The summed E-state index contributed by atoms with van der Waals surface area (Å²) in [6.45, 7) is 0.781. The molecular weight excluding hydrogens is 238 g/mol. The van der Waals surface area contributed by atoms with Crippen molar-refractivity contribution in [3.8, 4) is 0 Å². The van der Waals surface area contributed by atoms with E-state index < -0.39 is 0 Å². The Kier molecular flexibility index (Phi) is 3.06. The molecule has 0 amide bonds. The number of hydrogen-bond donors (Lipinski definition) is 2. The van der Waals surface area contributed by atoms with Gasteiger partial charge >= 0.3 is 0 Å². The monoisotopic (exact) mass is 253 g/mol. The highest BCUT2D eigenvalue weighted by atomic mass is 16.3. The first-order valence-electron chi connectivity index (χ1n) is 6.19. The van der Waals surface area contributed by atoms with Gasteiger partial charge in [-0.25, -0.2) is 4.98 Å². The van der Waals surface area contributed by atoms with E-state index in [0.29, 0.717) is 0 Å². The van der Waals surface area contributed by atoms with Crippen LogP contribution in [0, 0.1) is 0 Å². The summed E-state index contributed by atoms with van der Waals surface area (Å²) in [7, 11) is 1.92. The van der Waals surface area contributed by atoms with Crippen molar-refractivity contribution in [3.63, 3.8) is 0 Å². The van der Waals surface area contributed by atoms with Crippen molar-refractivity contribution >= 4 is 22.5 Å². The van der Waals surface area contributed by atoms with Gasteiger partial charge in [-0.15, -0.1) is 0 Å². The molecule has 4 nitrogen and oxygen atoms in total. The Bertz CT molecular complexity index is 673. The molecule has 0 radical (unpaired) electrons. The summed E-state index contributed by atoms with van der Waals surface area (Å²) in [5.41, 5.74) is 5.06. The number of nitrogens with one attached hydrogen (secondary N) is 2. The average molecular weight is 253 g/mol. The summed E-state index contributed by atoms with van der Waals surface area (Å²) in [5.74, 6) is 0. The van der Waals surface area contributed by atoms with Crippen molar-refractivity contribution in [1.29, 1.82) is 0 Å². The van der Waals surface area contributed by atoms with Crippen molar-refractivity contribution < 1.29 is 4.42 Å². The van der Waals surface area contributed by atoms with Crippen molar-refractivity contribution in [3.05, 3.63) is 54.4 Å². The molecule has 96 valence electrons. The zero-order valence-electron chi connectivity index (χ0n) is 10.7. The van der Waals surface area contributed by atoms with Gasteiger partial charge in [0.15, 0.2) is 12.0 Å². The molecule has 3 aromatic rings. The second kappa shape index (κ2) is 5.02. The molecule has 0 aliphatic rings. The number of hydrogen-bond acceptors (Lipinski definition) is 4. The number of rotatable bonds is 4. The fourth-order valence-electron chi connectivity index (χ4n) is 1.96. The van der Waals surface area contributed by atoms with Gasteiger partial charge in [-0.1, -0.05) is 12.1 Å². The molecule has 4 heteroatoms. The molecule has 3 rings (SSSR count). The zero-order chi connectivity index (χ0) is 13.1. The molecule has 0 atom stereocenters. The van der Waals surface area contributed by atoms with Crippen LogP contribution in [0.5, 0.6) is 0 Å². The van der Waals surface area contributed by atoms with Crippen LogP contribution in [0.1, 0.15) is 5.56 Å². The lowest BCUT2D eigenvalue weighted by Crippen LogP contribution is -1.99. The molecule has 0 saturated heterocycles. The number of oxazole rings is 1. The van der Waals surface area contributed by atoms with Crippen LogP contribution >= 0.6 is 0 Å². The number of fused-ring (bicyclic) bond motifs is 1. The second-order valence-electron chi connectivity index (χ2n) is 4.34. The van der Waals surface area contributed by atoms with Crippen LogP contribution in [-0.2, 0) is 6.54 Å². The van der Waals surface area contributed by atoms with Gasteiger partial charge in [0.2, 0.25) is 0 Å². The van der Waals surface area contributed by atoms with Crippen LogP contribution < -0.4 is 10.6 Å². The maximum Gasteiger partial charge on any atom is 0.181 e. The highest BCUT2D eigenvalue weighted by molar-refractivity contribution is 5.76. The molecule has 0 bridgehead atoms. The van der Waals surface area contributed by atoms with E-state index in [2.05, 4.69) is 39.9 Å². The van der Waals surface area contributed by atoms with Gasteiger partial charge in [0.05, 0.1) is 0 Å². The lowest BCUT2D eigenvalue weighted by Gasteiger charge is -2.07. The third-order valence-electron chi connectivity index (χ3n) is 3.07. The smallest absolute Gasteiger partial charge is 0.181 e. The first kappa shape index (κ1) is 11.6. The Morgan fingerprint density at radius 1 is 1.05 bits per heavy atom. The molecule has 0 unspecified atom stereocenters. The Morgan fingerprint density at radius 2 is 1.84 bits per heavy atom. The molecule has 1 aromatic heterocycles. The number of anilines is 2. The predicted molar refractivity (Wildman–Crippen MR) is 77.3 cm³/mol. The quantitative estimate of drug-likeness (QED) is 0.747. The van der Waals surface area contributed by atoms with Crippen LogP contribution in [0.4, 0.5) is 11.4 Å². The van der Waals surface area contributed by atoms with Crippen LogP contribution in [0.3, 0.4) is 0 Å². The summed E-state index contributed by atoms with van der Waals surface area (Å²) in [6.07, 6.45) is 1.46. The summed E-state index contributed by atoms with van der Waals surface area (Å²) >= 11 is 0. The van der Waals surface area contributed by atoms with Crippen LogP contribution in [0.15, 0.2) is 53.3 Å². The van der Waals surface area contributed by atoms with E-state index in [1.807, 2.05) is 25.2 Å². The van der Waals surface area contributed by atoms with E-state index in [0.717, 1.165) is 29.0 Å². The maximum atomic E-state index is 5.28. The summed E-state index contributed by atoms with van der Waals surface area (Å²) in [6, 6.07) is 14.3. The zero-order valence-corrected chi connectivity index (χ0v) is 10.7. The fraction of sp³-hybridized carbons (Fsp3) is 0.133. The number of nitrogens with zero attached hydrogens (tertiary/aromatic N) is 1. The molecule has 19 heavy (non-hydrogen) atoms. The second-order valence-corrected chi connectivity index (χ2v) is 4.34. The van der Waals surface area contributed by atoms with Crippen LogP contribution in [-0.4, -0.2) is 12.0 Å². The first-order valence-corrected chi connectivity index (χ1v) is 6.19. The van der Waals surface area contributed by atoms with E-state index in [-0.39, 0.29) is 0 Å². The minimum absolute atomic E-state index is 0.781. The van der Waals surface area contributed by atoms with Gasteiger partial charge in [-0.2, -0.15) is 0 Å². The molecule has 0 fully saturated rings. The predicted octanol–water partition coefficient (Wildman–Crippen LogP) is 3.48. The van der Waals surface area contributed by atoms with Gasteiger partial charge in [-0.05, 0) is 29.8 Å². The van der Waals surface area contributed by atoms with Gasteiger partial charge in [0, 0.05) is 31.0 Å². The van der Waals surface area contributed by atoms with Gasteiger partial charge < -0.3 is 15.1 Å². The molecule has 0 aliphatic heterocycles. The minimum atomic E-state index is 0.781. The Balaban J connectivity index is 1.70. The van der Waals surface area contributed by atoms with Crippen molar-refractivity contribution in [2.45, 2.75) is 6.54 Å². The summed E-state index contributed by atoms with van der Waals surface area (Å²) in [5, 5.41) is 6.48. The van der Waals surface area contributed by atoms with Gasteiger partial charge in [0.25, 0.3) is 0 Å². The van der Waals surface area contributed by atoms with Gasteiger partial charge in [-0.3, -0.25) is 0 Å².